The molecule has 0 rings (SSSR count). The molecule has 5 heteroatoms. The summed E-state index contributed by atoms with van der Waals surface area (Å²) in [5.74, 6) is 0.226. The molecule has 250 valence electrons. The number of carbonyl (C=O) groups is 2. The summed E-state index contributed by atoms with van der Waals surface area (Å²) in [5.41, 5.74) is 0. The number of rotatable bonds is 33. The number of aliphatic hydroxyl groups is 1. The molecule has 5 nitrogen and oxygen atoms in total. The van der Waals surface area contributed by atoms with Crippen molar-refractivity contribution < 1.29 is 24.2 Å². The third-order valence-electron chi connectivity index (χ3n) is 8.33. The first-order valence-corrected chi connectivity index (χ1v) is 18.5. The molecule has 1 N–H and O–H groups in total. The molecule has 42 heavy (non-hydrogen) atoms. The van der Waals surface area contributed by atoms with Crippen LogP contribution in [0, 0.1) is 5.92 Å². The van der Waals surface area contributed by atoms with Crippen molar-refractivity contribution in [2.75, 3.05) is 13.2 Å². The number of unbranched alkanes of at least 4 members (excludes halogenated alkanes) is 23. The molecule has 0 radical (unpaired) electrons. The highest BCUT2D eigenvalue weighted by Crippen LogP contribution is 2.15. The molecule has 0 heterocycles. The van der Waals surface area contributed by atoms with Gasteiger partial charge in [0.1, 0.15) is 6.61 Å². The van der Waals surface area contributed by atoms with E-state index in [-0.39, 0.29) is 25.2 Å². The number of hydrogen-bond donors (Lipinski definition) is 1. The van der Waals surface area contributed by atoms with Crippen molar-refractivity contribution in [2.24, 2.45) is 5.92 Å². The van der Waals surface area contributed by atoms with Gasteiger partial charge in [-0.3, -0.25) is 9.59 Å². The molecular formula is C37H72O5. The Hall–Kier alpha value is -1.10. The molecule has 0 amide bonds. The van der Waals surface area contributed by atoms with Crippen molar-refractivity contribution in [3.05, 3.63) is 0 Å². The lowest BCUT2D eigenvalue weighted by atomic mass is 10.0. The first-order valence-electron chi connectivity index (χ1n) is 18.5. The molecule has 0 bridgehead atoms. The number of ether oxygens (including phenoxy) is 2. The van der Waals surface area contributed by atoms with Crippen LogP contribution in [0.4, 0.5) is 0 Å². The zero-order valence-corrected chi connectivity index (χ0v) is 28.4. The third-order valence-corrected chi connectivity index (χ3v) is 8.33. The first-order chi connectivity index (χ1) is 20.5. The van der Waals surface area contributed by atoms with Crippen LogP contribution in [0.3, 0.4) is 0 Å². The van der Waals surface area contributed by atoms with Crippen LogP contribution in [0.2, 0.25) is 0 Å². The predicted molar refractivity (Wildman–Crippen MR) is 178 cm³/mol. The molecule has 0 fully saturated rings. The monoisotopic (exact) mass is 597 g/mol. The summed E-state index contributed by atoms with van der Waals surface area (Å²) < 4.78 is 10.6. The Labute approximate surface area is 261 Å². The van der Waals surface area contributed by atoms with Crippen molar-refractivity contribution in [3.8, 4) is 0 Å². The maximum Gasteiger partial charge on any atom is 0.306 e. The molecule has 1 atom stereocenters. The zero-order chi connectivity index (χ0) is 30.9. The van der Waals surface area contributed by atoms with E-state index in [2.05, 4.69) is 20.8 Å². The first kappa shape index (κ1) is 40.9. The van der Waals surface area contributed by atoms with Gasteiger partial charge in [0.15, 0.2) is 6.10 Å². The maximum atomic E-state index is 12.1. The quantitative estimate of drug-likeness (QED) is 0.0602. The van der Waals surface area contributed by atoms with E-state index in [4.69, 9.17) is 9.47 Å². The molecule has 0 aliphatic carbocycles. The van der Waals surface area contributed by atoms with Gasteiger partial charge < -0.3 is 14.6 Å². The fourth-order valence-electron chi connectivity index (χ4n) is 5.50. The summed E-state index contributed by atoms with van der Waals surface area (Å²) in [6.45, 7) is 6.46. The van der Waals surface area contributed by atoms with Crippen molar-refractivity contribution in [1.82, 2.24) is 0 Å². The average molecular weight is 597 g/mol. The average Bonchev–Trinajstić information content (AvgIpc) is 2.97. The van der Waals surface area contributed by atoms with E-state index in [1.54, 1.807) is 0 Å². The number of carbonyl (C=O) groups excluding carboxylic acids is 2. The summed E-state index contributed by atoms with van der Waals surface area (Å²) >= 11 is 0. The summed E-state index contributed by atoms with van der Waals surface area (Å²) in [4.78, 5) is 24.1. The summed E-state index contributed by atoms with van der Waals surface area (Å²) in [7, 11) is 0. The van der Waals surface area contributed by atoms with Gasteiger partial charge in [0.2, 0.25) is 0 Å². The number of hydrogen-bond acceptors (Lipinski definition) is 5. The van der Waals surface area contributed by atoms with Gasteiger partial charge in [-0.15, -0.1) is 0 Å². The molecule has 0 aromatic carbocycles. The van der Waals surface area contributed by atoms with Crippen molar-refractivity contribution in [1.29, 1.82) is 0 Å². The third kappa shape index (κ3) is 31.8. The van der Waals surface area contributed by atoms with E-state index in [1.807, 2.05) is 0 Å². The topological polar surface area (TPSA) is 72.8 Å². The maximum absolute atomic E-state index is 12.1. The molecule has 0 saturated carbocycles. The normalized spacial score (nSPS) is 12.1. The Bertz CT molecular complexity index is 577. The highest BCUT2D eigenvalue weighted by Gasteiger charge is 2.16. The lowest BCUT2D eigenvalue weighted by molar-refractivity contribution is -0.161. The molecule has 0 aliphatic rings. The molecule has 0 spiro atoms. The Morgan fingerprint density at radius 2 is 0.881 bits per heavy atom. The van der Waals surface area contributed by atoms with Gasteiger partial charge in [0, 0.05) is 12.8 Å². The van der Waals surface area contributed by atoms with Gasteiger partial charge in [0.25, 0.3) is 0 Å². The van der Waals surface area contributed by atoms with E-state index in [0.717, 1.165) is 44.4 Å². The molecule has 0 unspecified atom stereocenters. The van der Waals surface area contributed by atoms with Gasteiger partial charge in [-0.1, -0.05) is 175 Å². The van der Waals surface area contributed by atoms with Gasteiger partial charge in [-0.05, 0) is 18.8 Å². The van der Waals surface area contributed by atoms with Crippen LogP contribution < -0.4 is 0 Å². The molecular weight excluding hydrogens is 524 g/mol. The largest absolute Gasteiger partial charge is 0.462 e. The predicted octanol–water partition coefficient (Wildman–Crippen LogP) is 11.0. The van der Waals surface area contributed by atoms with Crippen LogP contribution in [0.1, 0.15) is 201 Å². The highest BCUT2D eigenvalue weighted by atomic mass is 16.6. The lowest BCUT2D eigenvalue weighted by Crippen LogP contribution is -2.28. The van der Waals surface area contributed by atoms with Crippen LogP contribution in [-0.4, -0.2) is 36.4 Å². The Morgan fingerprint density at radius 1 is 0.524 bits per heavy atom. The minimum atomic E-state index is -0.761. The second-order valence-electron chi connectivity index (χ2n) is 13.1. The van der Waals surface area contributed by atoms with Crippen LogP contribution in [0.25, 0.3) is 0 Å². The van der Waals surface area contributed by atoms with Crippen LogP contribution in [0.15, 0.2) is 0 Å². The van der Waals surface area contributed by atoms with Gasteiger partial charge in [-0.25, -0.2) is 0 Å². The van der Waals surface area contributed by atoms with E-state index >= 15 is 0 Å². The fourth-order valence-corrected chi connectivity index (χ4v) is 5.50. The van der Waals surface area contributed by atoms with E-state index in [1.165, 1.54) is 128 Å². The fraction of sp³-hybridized carbons (Fsp3) is 0.946. The van der Waals surface area contributed by atoms with Gasteiger partial charge in [-0.2, -0.15) is 0 Å². The summed E-state index contributed by atoms with van der Waals surface area (Å²) in [6.07, 6.45) is 33.1. The lowest BCUT2D eigenvalue weighted by Gasteiger charge is -2.15. The number of esters is 2. The standard InChI is InChI=1S/C37H72O5/c1-4-5-6-7-8-9-10-11-12-13-14-15-16-17-22-25-28-31-37(40)42-35(32-38)33-41-36(39)30-27-24-21-19-18-20-23-26-29-34(2)3/h34-35,38H,4-33H2,1-3H3/t35-/m0/s1. The van der Waals surface area contributed by atoms with E-state index < -0.39 is 6.10 Å². The minimum absolute atomic E-state index is 0.0590. The summed E-state index contributed by atoms with van der Waals surface area (Å²) in [5, 5.41) is 9.52. The van der Waals surface area contributed by atoms with Crippen molar-refractivity contribution >= 4 is 11.9 Å². The number of aliphatic hydroxyl groups excluding tert-OH is 1. The molecule has 0 aromatic heterocycles. The molecule has 0 aromatic rings. The van der Waals surface area contributed by atoms with Gasteiger partial charge >= 0.3 is 11.9 Å². The second kappa shape index (κ2) is 32.8. The van der Waals surface area contributed by atoms with Crippen LogP contribution in [-0.2, 0) is 19.1 Å². The van der Waals surface area contributed by atoms with E-state index in [9.17, 15) is 14.7 Å². The molecule has 0 saturated heterocycles. The van der Waals surface area contributed by atoms with E-state index in [0.29, 0.717) is 12.8 Å². The van der Waals surface area contributed by atoms with Crippen LogP contribution >= 0.6 is 0 Å². The van der Waals surface area contributed by atoms with Crippen molar-refractivity contribution in [3.63, 3.8) is 0 Å². The highest BCUT2D eigenvalue weighted by molar-refractivity contribution is 5.70. The summed E-state index contributed by atoms with van der Waals surface area (Å²) in [6, 6.07) is 0. The Morgan fingerprint density at radius 3 is 1.26 bits per heavy atom. The Kier molecular flexibility index (Phi) is 31.9. The van der Waals surface area contributed by atoms with Gasteiger partial charge in [0.05, 0.1) is 6.61 Å². The minimum Gasteiger partial charge on any atom is -0.462 e. The molecule has 0 aliphatic heterocycles. The SMILES string of the molecule is CCCCCCCCCCCCCCCCCCCC(=O)O[C@@H](CO)COC(=O)CCCCCCCCCCC(C)C. The smallest absolute Gasteiger partial charge is 0.306 e. The van der Waals surface area contributed by atoms with Crippen LogP contribution in [0.5, 0.6) is 0 Å². The second-order valence-corrected chi connectivity index (χ2v) is 13.1. The zero-order valence-electron chi connectivity index (χ0n) is 28.4. The Balaban J connectivity index is 3.50. The van der Waals surface area contributed by atoms with Crippen molar-refractivity contribution in [2.45, 2.75) is 207 Å².